The van der Waals surface area contributed by atoms with Gasteiger partial charge in [0.05, 0.1) is 23.6 Å². The smallest absolute Gasteiger partial charge is 0.255 e. The molecule has 0 aliphatic heterocycles. The predicted octanol–water partition coefficient (Wildman–Crippen LogP) is 2.89. The number of carbonyl (C=O) groups excluding carboxylic acids is 1. The van der Waals surface area contributed by atoms with Gasteiger partial charge in [0.25, 0.3) is 5.91 Å². The number of hydrogen-bond donors (Lipinski definition) is 3. The van der Waals surface area contributed by atoms with Gasteiger partial charge in [0.15, 0.2) is 0 Å². The summed E-state index contributed by atoms with van der Waals surface area (Å²) in [5.41, 5.74) is 4.43. The lowest BCUT2D eigenvalue weighted by molar-refractivity contribution is 0.0239. The molecule has 4 rings (SSSR count). The van der Waals surface area contributed by atoms with E-state index in [4.69, 9.17) is 0 Å². The van der Waals surface area contributed by atoms with Gasteiger partial charge in [-0.1, -0.05) is 23.8 Å². The van der Waals surface area contributed by atoms with E-state index in [2.05, 4.69) is 20.5 Å². The number of hydrogen-bond acceptors (Lipinski definition) is 4. The minimum Gasteiger partial charge on any atom is -0.393 e. The molecule has 1 aliphatic carbocycles. The first-order valence-electron chi connectivity index (χ1n) is 9.58. The maximum absolute atomic E-state index is 13.1. The van der Waals surface area contributed by atoms with Crippen LogP contribution >= 0.6 is 0 Å². The summed E-state index contributed by atoms with van der Waals surface area (Å²) in [7, 11) is 0. The minimum atomic E-state index is -0.265. The van der Waals surface area contributed by atoms with E-state index in [1.54, 1.807) is 18.6 Å². The van der Waals surface area contributed by atoms with Gasteiger partial charge < -0.3 is 10.4 Å². The van der Waals surface area contributed by atoms with Crippen LogP contribution in [0.15, 0.2) is 55.0 Å². The summed E-state index contributed by atoms with van der Waals surface area (Å²) in [6.45, 7) is 2.02. The third-order valence-electron chi connectivity index (χ3n) is 5.43. The Morgan fingerprint density at radius 2 is 2.07 bits per heavy atom. The van der Waals surface area contributed by atoms with Gasteiger partial charge in [0.1, 0.15) is 0 Å². The van der Waals surface area contributed by atoms with Crippen molar-refractivity contribution >= 4 is 5.91 Å². The summed E-state index contributed by atoms with van der Waals surface area (Å²) in [4.78, 5) is 17.1. The maximum Gasteiger partial charge on any atom is 0.255 e. The number of H-pyrrole nitrogens is 1. The van der Waals surface area contributed by atoms with Crippen LogP contribution in [0.4, 0.5) is 0 Å². The van der Waals surface area contributed by atoms with Gasteiger partial charge in [-0.05, 0) is 55.9 Å². The van der Waals surface area contributed by atoms with Crippen molar-refractivity contribution in [1.82, 2.24) is 20.5 Å². The highest BCUT2D eigenvalue weighted by Gasteiger charge is 2.35. The maximum atomic E-state index is 13.1. The number of pyridine rings is 1. The van der Waals surface area contributed by atoms with E-state index in [1.807, 2.05) is 43.3 Å². The van der Waals surface area contributed by atoms with Crippen LogP contribution in [0.3, 0.4) is 0 Å². The minimum absolute atomic E-state index is 0.0430. The van der Waals surface area contributed by atoms with Crippen LogP contribution in [-0.4, -0.2) is 38.3 Å². The average Bonchev–Trinajstić information content (AvgIpc) is 3.16. The van der Waals surface area contributed by atoms with Crippen LogP contribution < -0.4 is 5.32 Å². The van der Waals surface area contributed by atoms with Crippen LogP contribution in [-0.2, 0) is 6.42 Å². The summed E-state index contributed by atoms with van der Waals surface area (Å²) in [6.07, 6.45) is 6.97. The Morgan fingerprint density at radius 1 is 1.29 bits per heavy atom. The van der Waals surface area contributed by atoms with Crippen LogP contribution in [0.1, 0.15) is 34.3 Å². The highest BCUT2D eigenvalue weighted by Crippen LogP contribution is 2.32. The molecule has 0 unspecified atom stereocenters. The Balaban J connectivity index is 1.54. The number of aryl methyl sites for hydroxylation is 1. The zero-order valence-corrected chi connectivity index (χ0v) is 15.8. The van der Waals surface area contributed by atoms with E-state index >= 15 is 0 Å². The molecule has 1 aromatic carbocycles. The number of benzene rings is 1. The van der Waals surface area contributed by atoms with Gasteiger partial charge >= 0.3 is 0 Å². The molecule has 1 fully saturated rings. The van der Waals surface area contributed by atoms with Crippen molar-refractivity contribution in [2.75, 3.05) is 0 Å². The summed E-state index contributed by atoms with van der Waals surface area (Å²) in [5, 5.41) is 20.0. The summed E-state index contributed by atoms with van der Waals surface area (Å²) >= 11 is 0. The molecule has 2 heterocycles. The number of aliphatic hydroxyl groups is 1. The number of nitrogens with one attached hydrogen (secondary N) is 2. The van der Waals surface area contributed by atoms with E-state index in [9.17, 15) is 9.90 Å². The molecule has 1 amide bonds. The topological polar surface area (TPSA) is 90.9 Å². The van der Waals surface area contributed by atoms with Crippen molar-refractivity contribution in [2.24, 2.45) is 5.92 Å². The fourth-order valence-electron chi connectivity index (χ4n) is 3.79. The van der Waals surface area contributed by atoms with Crippen molar-refractivity contribution in [3.8, 4) is 11.3 Å². The molecule has 3 N–H and O–H groups in total. The normalized spacial score (nSPS) is 19.6. The SMILES string of the molecule is Cc1cccc(-c2[nH]ncc2C(=O)N[C@@H](Cc2ccncc2)C2CC(O)C2)c1. The number of aliphatic hydroxyl groups excluding tert-OH is 1. The Bertz CT molecular complexity index is 948. The Kier molecular flexibility index (Phi) is 5.21. The second-order valence-electron chi connectivity index (χ2n) is 7.55. The van der Waals surface area contributed by atoms with Gasteiger partial charge in [-0.25, -0.2) is 0 Å². The molecule has 1 atom stereocenters. The third-order valence-corrected chi connectivity index (χ3v) is 5.43. The molecule has 1 aliphatic rings. The summed E-state index contributed by atoms with van der Waals surface area (Å²) < 4.78 is 0. The van der Waals surface area contributed by atoms with Gasteiger partial charge in [-0.2, -0.15) is 5.10 Å². The van der Waals surface area contributed by atoms with E-state index < -0.39 is 0 Å². The lowest BCUT2D eigenvalue weighted by atomic mass is 9.75. The first-order valence-corrected chi connectivity index (χ1v) is 9.58. The van der Waals surface area contributed by atoms with Crippen molar-refractivity contribution < 1.29 is 9.90 Å². The molecule has 2 aromatic heterocycles. The first kappa shape index (κ1) is 18.4. The van der Waals surface area contributed by atoms with Crippen molar-refractivity contribution in [2.45, 2.75) is 38.3 Å². The number of rotatable bonds is 6. The summed E-state index contributed by atoms with van der Waals surface area (Å²) in [6, 6.07) is 11.9. The average molecular weight is 376 g/mol. The molecule has 0 saturated heterocycles. The number of carbonyl (C=O) groups is 1. The van der Waals surface area contributed by atoms with E-state index in [1.165, 1.54) is 0 Å². The lowest BCUT2D eigenvalue weighted by Crippen LogP contribution is -2.48. The highest BCUT2D eigenvalue weighted by molar-refractivity contribution is 6.00. The molecule has 3 aromatic rings. The second kappa shape index (κ2) is 7.94. The third kappa shape index (κ3) is 3.97. The van der Waals surface area contributed by atoms with E-state index in [0.717, 1.165) is 22.4 Å². The number of aromatic nitrogens is 3. The van der Waals surface area contributed by atoms with Crippen molar-refractivity contribution in [3.63, 3.8) is 0 Å². The number of amides is 1. The van der Waals surface area contributed by atoms with Gasteiger partial charge in [-0.3, -0.25) is 14.9 Å². The lowest BCUT2D eigenvalue weighted by Gasteiger charge is -2.38. The van der Waals surface area contributed by atoms with Crippen LogP contribution in [0.25, 0.3) is 11.3 Å². The van der Waals surface area contributed by atoms with Crippen LogP contribution in [0.5, 0.6) is 0 Å². The number of aromatic amines is 1. The molecule has 6 heteroatoms. The molecule has 0 radical (unpaired) electrons. The van der Waals surface area contributed by atoms with Gasteiger partial charge in [0.2, 0.25) is 0 Å². The molecule has 6 nitrogen and oxygen atoms in total. The van der Waals surface area contributed by atoms with Crippen molar-refractivity contribution in [1.29, 1.82) is 0 Å². The molecule has 1 saturated carbocycles. The quantitative estimate of drug-likeness (QED) is 0.617. The predicted molar refractivity (Wildman–Crippen MR) is 107 cm³/mol. The fourth-order valence-corrected chi connectivity index (χ4v) is 3.79. The monoisotopic (exact) mass is 376 g/mol. The zero-order valence-electron chi connectivity index (χ0n) is 15.8. The van der Waals surface area contributed by atoms with Crippen molar-refractivity contribution in [3.05, 3.63) is 71.7 Å². The second-order valence-corrected chi connectivity index (χ2v) is 7.55. The molecule has 144 valence electrons. The van der Waals surface area contributed by atoms with Gasteiger partial charge in [-0.15, -0.1) is 0 Å². The molecule has 28 heavy (non-hydrogen) atoms. The Hall–Kier alpha value is -2.99. The zero-order chi connectivity index (χ0) is 19.5. The van der Waals surface area contributed by atoms with E-state index in [-0.39, 0.29) is 24.0 Å². The molecule has 0 bridgehead atoms. The van der Waals surface area contributed by atoms with E-state index in [0.29, 0.717) is 24.8 Å². The highest BCUT2D eigenvalue weighted by atomic mass is 16.3. The Labute approximate surface area is 164 Å². The molecular formula is C22H24N4O2. The van der Waals surface area contributed by atoms with Crippen LogP contribution in [0.2, 0.25) is 0 Å². The fraction of sp³-hybridized carbons (Fsp3) is 0.318. The molecule has 0 spiro atoms. The Morgan fingerprint density at radius 3 is 2.79 bits per heavy atom. The standard InChI is InChI=1S/C22H24N4O2/c1-14-3-2-4-16(9-14)21-19(13-24-26-21)22(28)25-20(17-11-18(27)12-17)10-15-5-7-23-8-6-15/h2-9,13,17-18,20,27H,10-12H2,1H3,(H,24,26)(H,25,28)/t17?,18?,20-/m0/s1. The summed E-state index contributed by atoms with van der Waals surface area (Å²) in [5.74, 6) is 0.118. The van der Waals surface area contributed by atoms with Crippen LogP contribution in [0, 0.1) is 12.8 Å². The number of nitrogens with zero attached hydrogens (tertiary/aromatic N) is 2. The molecular weight excluding hydrogens is 352 g/mol. The van der Waals surface area contributed by atoms with Gasteiger partial charge in [0, 0.05) is 24.0 Å². The largest absolute Gasteiger partial charge is 0.393 e. The first-order chi connectivity index (χ1) is 13.6.